The molecule has 0 bridgehead atoms. The van der Waals surface area contributed by atoms with Crippen molar-refractivity contribution < 1.29 is 4.92 Å². The number of hydrogen-bond donors (Lipinski definition) is 1. The molecular weight excluding hydrogens is 168 g/mol. The maximum atomic E-state index is 10.4. The minimum absolute atomic E-state index is 0.144. The maximum Gasteiger partial charge on any atom is 0.271 e. The largest absolute Gasteiger partial charge is 0.382 e. The minimum atomic E-state index is -0.377. The topological polar surface area (TPSA) is 55.2 Å². The summed E-state index contributed by atoms with van der Waals surface area (Å²) in [5.74, 6) is 0. The number of nitrogens with zero attached hydrogens (tertiary/aromatic N) is 1. The summed E-state index contributed by atoms with van der Waals surface area (Å²) in [4.78, 5) is 10.1. The summed E-state index contributed by atoms with van der Waals surface area (Å²) in [7, 11) is 0. The van der Waals surface area contributed by atoms with Crippen LogP contribution in [0.4, 0.5) is 11.4 Å². The highest BCUT2D eigenvalue weighted by Crippen LogP contribution is 2.26. The second-order valence-electron chi connectivity index (χ2n) is 3.23. The van der Waals surface area contributed by atoms with Gasteiger partial charge in [0.25, 0.3) is 5.69 Å². The molecule has 1 N–H and O–H groups in total. The monoisotopic (exact) mass is 178 g/mol. The molecule has 13 heavy (non-hydrogen) atoms. The Hall–Kier alpha value is -1.58. The van der Waals surface area contributed by atoms with Crippen LogP contribution in [0.25, 0.3) is 0 Å². The lowest BCUT2D eigenvalue weighted by molar-refractivity contribution is -0.384. The van der Waals surface area contributed by atoms with Crippen molar-refractivity contribution in [2.45, 2.75) is 18.9 Å². The summed E-state index contributed by atoms with van der Waals surface area (Å²) >= 11 is 0. The summed E-state index contributed by atoms with van der Waals surface area (Å²) < 4.78 is 0. The maximum absolute atomic E-state index is 10.4. The van der Waals surface area contributed by atoms with Crippen molar-refractivity contribution in [2.24, 2.45) is 0 Å². The first kappa shape index (κ1) is 8.04. The molecule has 0 unspecified atom stereocenters. The highest BCUT2D eigenvalue weighted by atomic mass is 16.6. The number of hydrogen-bond acceptors (Lipinski definition) is 3. The molecule has 0 atom stereocenters. The fourth-order valence-corrected chi connectivity index (χ4v) is 1.17. The van der Waals surface area contributed by atoms with E-state index in [1.807, 2.05) is 6.07 Å². The predicted molar refractivity (Wildman–Crippen MR) is 49.7 cm³/mol. The van der Waals surface area contributed by atoms with Crippen LogP contribution >= 0.6 is 0 Å². The van der Waals surface area contributed by atoms with E-state index in [1.165, 1.54) is 18.9 Å². The average molecular weight is 178 g/mol. The van der Waals surface area contributed by atoms with Gasteiger partial charge in [-0.2, -0.15) is 0 Å². The molecule has 0 spiro atoms. The van der Waals surface area contributed by atoms with Crippen LogP contribution in [0.2, 0.25) is 0 Å². The lowest BCUT2D eigenvalue weighted by Gasteiger charge is -2.02. The zero-order valence-electron chi connectivity index (χ0n) is 7.06. The third-order valence-electron chi connectivity index (χ3n) is 2.01. The SMILES string of the molecule is O=[N+]([O-])c1cccc(NC2CC2)c1. The van der Waals surface area contributed by atoms with E-state index in [2.05, 4.69) is 5.32 Å². The van der Waals surface area contributed by atoms with E-state index in [9.17, 15) is 10.1 Å². The van der Waals surface area contributed by atoms with Gasteiger partial charge in [-0.1, -0.05) is 6.07 Å². The number of anilines is 1. The minimum Gasteiger partial charge on any atom is -0.382 e. The number of nitrogens with one attached hydrogen (secondary N) is 1. The second-order valence-corrected chi connectivity index (χ2v) is 3.23. The van der Waals surface area contributed by atoms with Crippen LogP contribution in [0.3, 0.4) is 0 Å². The van der Waals surface area contributed by atoms with Crippen molar-refractivity contribution in [2.75, 3.05) is 5.32 Å². The molecule has 1 aromatic rings. The molecule has 1 aliphatic carbocycles. The van der Waals surface area contributed by atoms with Gasteiger partial charge in [0.05, 0.1) is 4.92 Å². The number of non-ortho nitro benzene ring substituents is 1. The van der Waals surface area contributed by atoms with Crippen LogP contribution in [-0.4, -0.2) is 11.0 Å². The van der Waals surface area contributed by atoms with Gasteiger partial charge in [0.1, 0.15) is 0 Å². The van der Waals surface area contributed by atoms with E-state index in [1.54, 1.807) is 12.1 Å². The van der Waals surface area contributed by atoms with Crippen molar-refractivity contribution in [3.05, 3.63) is 34.4 Å². The normalized spacial score (nSPS) is 15.4. The average Bonchev–Trinajstić information content (AvgIpc) is 2.89. The Morgan fingerprint density at radius 2 is 2.23 bits per heavy atom. The lowest BCUT2D eigenvalue weighted by atomic mass is 10.3. The molecule has 0 aliphatic heterocycles. The molecule has 2 rings (SSSR count). The molecule has 1 saturated carbocycles. The highest BCUT2D eigenvalue weighted by molar-refractivity contribution is 5.52. The number of rotatable bonds is 3. The number of benzene rings is 1. The molecule has 1 aliphatic rings. The fourth-order valence-electron chi connectivity index (χ4n) is 1.17. The van der Waals surface area contributed by atoms with E-state index < -0.39 is 0 Å². The summed E-state index contributed by atoms with van der Waals surface area (Å²) in [5, 5.41) is 13.6. The van der Waals surface area contributed by atoms with Gasteiger partial charge in [0, 0.05) is 23.9 Å². The molecule has 4 nitrogen and oxygen atoms in total. The summed E-state index contributed by atoms with van der Waals surface area (Å²) in [6.07, 6.45) is 2.34. The quantitative estimate of drug-likeness (QED) is 0.570. The van der Waals surface area contributed by atoms with Gasteiger partial charge < -0.3 is 5.32 Å². The van der Waals surface area contributed by atoms with E-state index in [4.69, 9.17) is 0 Å². The van der Waals surface area contributed by atoms with Crippen LogP contribution < -0.4 is 5.32 Å². The molecule has 0 saturated heterocycles. The van der Waals surface area contributed by atoms with Gasteiger partial charge in [-0.05, 0) is 18.9 Å². The number of nitro groups is 1. The first-order valence-corrected chi connectivity index (χ1v) is 4.27. The molecule has 0 aromatic heterocycles. The highest BCUT2D eigenvalue weighted by Gasteiger charge is 2.21. The Morgan fingerprint density at radius 3 is 2.85 bits per heavy atom. The molecular formula is C9H10N2O2. The van der Waals surface area contributed by atoms with Crippen molar-refractivity contribution >= 4 is 11.4 Å². The van der Waals surface area contributed by atoms with Crippen LogP contribution in [0.15, 0.2) is 24.3 Å². The van der Waals surface area contributed by atoms with E-state index in [-0.39, 0.29) is 10.6 Å². The second kappa shape index (κ2) is 3.05. The number of nitro benzene ring substituents is 1. The fraction of sp³-hybridized carbons (Fsp3) is 0.333. The van der Waals surface area contributed by atoms with Gasteiger partial charge in [0.15, 0.2) is 0 Å². The Kier molecular flexibility index (Phi) is 1.88. The van der Waals surface area contributed by atoms with Crippen LogP contribution in [0.1, 0.15) is 12.8 Å². The van der Waals surface area contributed by atoms with Crippen LogP contribution in [0.5, 0.6) is 0 Å². The van der Waals surface area contributed by atoms with Gasteiger partial charge in [-0.25, -0.2) is 0 Å². The molecule has 1 fully saturated rings. The van der Waals surface area contributed by atoms with Gasteiger partial charge in [-0.3, -0.25) is 10.1 Å². The van der Waals surface area contributed by atoms with Crippen LogP contribution in [0, 0.1) is 10.1 Å². The van der Waals surface area contributed by atoms with Crippen molar-refractivity contribution in [3.8, 4) is 0 Å². The third-order valence-corrected chi connectivity index (χ3v) is 2.01. The Morgan fingerprint density at radius 1 is 1.46 bits per heavy atom. The Bertz CT molecular complexity index is 334. The third kappa shape index (κ3) is 1.96. The molecule has 68 valence electrons. The van der Waals surface area contributed by atoms with Gasteiger partial charge in [0.2, 0.25) is 0 Å². The van der Waals surface area contributed by atoms with E-state index in [0.717, 1.165) is 5.69 Å². The smallest absolute Gasteiger partial charge is 0.271 e. The first-order chi connectivity index (χ1) is 6.25. The predicted octanol–water partition coefficient (Wildman–Crippen LogP) is 2.17. The zero-order chi connectivity index (χ0) is 9.26. The zero-order valence-corrected chi connectivity index (χ0v) is 7.06. The van der Waals surface area contributed by atoms with Gasteiger partial charge >= 0.3 is 0 Å². The molecule has 1 aromatic carbocycles. The van der Waals surface area contributed by atoms with Crippen molar-refractivity contribution in [1.29, 1.82) is 0 Å². The van der Waals surface area contributed by atoms with E-state index in [0.29, 0.717) is 6.04 Å². The van der Waals surface area contributed by atoms with E-state index >= 15 is 0 Å². The molecule has 0 radical (unpaired) electrons. The lowest BCUT2D eigenvalue weighted by Crippen LogP contribution is -2.00. The molecule has 0 heterocycles. The Balaban J connectivity index is 2.15. The van der Waals surface area contributed by atoms with Crippen molar-refractivity contribution in [1.82, 2.24) is 0 Å². The summed E-state index contributed by atoms with van der Waals surface area (Å²) in [6, 6.07) is 7.15. The summed E-state index contributed by atoms with van der Waals surface area (Å²) in [6.45, 7) is 0. The van der Waals surface area contributed by atoms with Crippen molar-refractivity contribution in [3.63, 3.8) is 0 Å². The summed E-state index contributed by atoms with van der Waals surface area (Å²) in [5.41, 5.74) is 0.988. The molecule has 0 amide bonds. The Labute approximate surface area is 75.7 Å². The first-order valence-electron chi connectivity index (χ1n) is 4.27. The van der Waals surface area contributed by atoms with Gasteiger partial charge in [-0.15, -0.1) is 0 Å². The molecule has 4 heteroatoms. The van der Waals surface area contributed by atoms with Crippen LogP contribution in [-0.2, 0) is 0 Å². The standard InChI is InChI=1S/C9H10N2O2/c12-11(13)9-3-1-2-8(6-9)10-7-4-5-7/h1-3,6-7,10H,4-5H2.